The van der Waals surface area contributed by atoms with E-state index in [0.717, 1.165) is 26.1 Å². The minimum atomic E-state index is 0.359. The van der Waals surface area contributed by atoms with Gasteiger partial charge in [0.1, 0.15) is 0 Å². The summed E-state index contributed by atoms with van der Waals surface area (Å²) in [5, 5.41) is 3.40. The van der Waals surface area contributed by atoms with E-state index in [1.807, 2.05) is 0 Å². The van der Waals surface area contributed by atoms with Crippen LogP contribution in [0, 0.1) is 17.3 Å². The van der Waals surface area contributed by atoms with Crippen molar-refractivity contribution in [2.75, 3.05) is 19.6 Å². The number of carbonyl (C=O) groups is 1. The molecule has 0 aromatic rings. The summed E-state index contributed by atoms with van der Waals surface area (Å²) in [6, 6.07) is 0.460. The monoisotopic (exact) mass is 236 g/mol. The van der Waals surface area contributed by atoms with Crippen molar-refractivity contribution in [1.82, 2.24) is 10.2 Å². The van der Waals surface area contributed by atoms with Crippen LogP contribution in [-0.4, -0.2) is 36.5 Å². The summed E-state index contributed by atoms with van der Waals surface area (Å²) >= 11 is 0. The van der Waals surface area contributed by atoms with Crippen LogP contribution in [0.25, 0.3) is 0 Å². The molecule has 2 heterocycles. The molecule has 1 N–H and O–H groups in total. The molecule has 1 saturated carbocycles. The lowest BCUT2D eigenvalue weighted by Crippen LogP contribution is -2.39. The van der Waals surface area contributed by atoms with Gasteiger partial charge in [-0.25, -0.2) is 0 Å². The predicted octanol–water partition coefficient (Wildman–Crippen LogP) is 1.63. The van der Waals surface area contributed by atoms with E-state index in [-0.39, 0.29) is 0 Å². The fourth-order valence-corrected chi connectivity index (χ4v) is 3.78. The third-order valence-electron chi connectivity index (χ3n) is 5.51. The zero-order valence-electron chi connectivity index (χ0n) is 11.0. The molecular weight excluding hydrogens is 212 g/mol. The van der Waals surface area contributed by atoms with Crippen molar-refractivity contribution in [1.29, 1.82) is 0 Å². The third-order valence-corrected chi connectivity index (χ3v) is 5.51. The van der Waals surface area contributed by atoms with Crippen molar-refractivity contribution in [2.45, 2.75) is 45.6 Å². The topological polar surface area (TPSA) is 32.3 Å². The first-order chi connectivity index (χ1) is 8.14. The number of amides is 1. The van der Waals surface area contributed by atoms with Crippen molar-refractivity contribution >= 4 is 5.91 Å². The minimum Gasteiger partial charge on any atom is -0.339 e. The van der Waals surface area contributed by atoms with Gasteiger partial charge < -0.3 is 10.2 Å². The molecule has 0 bridgehead atoms. The number of hydrogen-bond donors (Lipinski definition) is 1. The van der Waals surface area contributed by atoms with Crippen LogP contribution < -0.4 is 5.32 Å². The number of nitrogens with zero attached hydrogens (tertiary/aromatic N) is 1. The largest absolute Gasteiger partial charge is 0.339 e. The van der Waals surface area contributed by atoms with Gasteiger partial charge in [0.15, 0.2) is 0 Å². The van der Waals surface area contributed by atoms with Gasteiger partial charge in [0.25, 0.3) is 0 Å². The molecule has 96 valence electrons. The molecule has 2 aliphatic heterocycles. The Bertz CT molecular complexity index is 322. The van der Waals surface area contributed by atoms with Crippen LogP contribution >= 0.6 is 0 Å². The normalized spacial score (nSPS) is 39.6. The molecule has 1 aliphatic carbocycles. The summed E-state index contributed by atoms with van der Waals surface area (Å²) < 4.78 is 0. The molecular formula is C14H24N2O. The summed E-state index contributed by atoms with van der Waals surface area (Å²) in [5.74, 6) is 1.50. The van der Waals surface area contributed by atoms with Gasteiger partial charge >= 0.3 is 0 Å². The maximum atomic E-state index is 12.5. The average molecular weight is 236 g/mol. The van der Waals surface area contributed by atoms with E-state index in [9.17, 15) is 4.79 Å². The van der Waals surface area contributed by atoms with Crippen molar-refractivity contribution in [3.63, 3.8) is 0 Å². The summed E-state index contributed by atoms with van der Waals surface area (Å²) in [4.78, 5) is 14.7. The second-order valence-electron chi connectivity index (χ2n) is 6.41. The minimum absolute atomic E-state index is 0.359. The smallest absolute Gasteiger partial charge is 0.226 e. The van der Waals surface area contributed by atoms with Gasteiger partial charge in [-0.2, -0.15) is 0 Å². The van der Waals surface area contributed by atoms with Crippen LogP contribution in [0.5, 0.6) is 0 Å². The molecule has 3 aliphatic rings. The first-order valence-corrected chi connectivity index (χ1v) is 7.15. The molecule has 1 spiro atoms. The average Bonchev–Trinajstić information content (AvgIpc) is 2.92. The number of nitrogens with one attached hydrogen (secondary N) is 1. The Morgan fingerprint density at radius 2 is 2.00 bits per heavy atom. The summed E-state index contributed by atoms with van der Waals surface area (Å²) in [7, 11) is 0. The number of rotatable bonds is 1. The fourth-order valence-electron chi connectivity index (χ4n) is 3.78. The van der Waals surface area contributed by atoms with Crippen molar-refractivity contribution in [3.8, 4) is 0 Å². The number of carbonyl (C=O) groups excluding carboxylic acids is 1. The van der Waals surface area contributed by atoms with Crippen LogP contribution in [0.15, 0.2) is 0 Å². The zero-order valence-corrected chi connectivity index (χ0v) is 11.0. The van der Waals surface area contributed by atoms with Crippen LogP contribution in [0.2, 0.25) is 0 Å². The highest BCUT2D eigenvalue weighted by atomic mass is 16.2. The van der Waals surface area contributed by atoms with Gasteiger partial charge in [0, 0.05) is 18.5 Å². The maximum absolute atomic E-state index is 12.5. The molecule has 3 heteroatoms. The second-order valence-corrected chi connectivity index (χ2v) is 6.41. The molecule has 0 radical (unpaired) electrons. The van der Waals surface area contributed by atoms with Crippen molar-refractivity contribution < 1.29 is 4.79 Å². The Morgan fingerprint density at radius 3 is 2.59 bits per heavy atom. The lowest BCUT2D eigenvalue weighted by molar-refractivity contribution is -0.134. The van der Waals surface area contributed by atoms with Crippen LogP contribution in [-0.2, 0) is 4.79 Å². The Labute approximate surface area is 104 Å². The SMILES string of the molecule is CC1CCN(C(=O)C2CC23CCNCC3)C1C. The van der Waals surface area contributed by atoms with Gasteiger partial charge in [-0.05, 0) is 57.0 Å². The van der Waals surface area contributed by atoms with Gasteiger partial charge in [0.05, 0.1) is 0 Å². The second kappa shape index (κ2) is 3.98. The fraction of sp³-hybridized carbons (Fsp3) is 0.929. The number of likely N-dealkylation sites (tertiary alicyclic amines) is 1. The molecule has 3 fully saturated rings. The molecule has 3 unspecified atom stereocenters. The lowest BCUT2D eigenvalue weighted by atomic mass is 9.91. The molecule has 3 atom stereocenters. The Balaban J connectivity index is 1.65. The van der Waals surface area contributed by atoms with Crippen molar-refractivity contribution in [3.05, 3.63) is 0 Å². The first kappa shape index (κ1) is 11.5. The van der Waals surface area contributed by atoms with Crippen LogP contribution in [0.4, 0.5) is 0 Å². The highest BCUT2D eigenvalue weighted by Gasteiger charge is 2.59. The van der Waals surface area contributed by atoms with E-state index in [1.54, 1.807) is 0 Å². The van der Waals surface area contributed by atoms with Gasteiger partial charge in [-0.15, -0.1) is 0 Å². The quantitative estimate of drug-likeness (QED) is 0.750. The van der Waals surface area contributed by atoms with E-state index in [4.69, 9.17) is 0 Å². The molecule has 3 nitrogen and oxygen atoms in total. The maximum Gasteiger partial charge on any atom is 0.226 e. The molecule has 0 aromatic carbocycles. The number of hydrogen-bond acceptors (Lipinski definition) is 2. The van der Waals surface area contributed by atoms with Gasteiger partial charge in [0.2, 0.25) is 5.91 Å². The zero-order chi connectivity index (χ0) is 12.0. The molecule has 1 amide bonds. The summed E-state index contributed by atoms with van der Waals surface area (Å²) in [5.41, 5.74) is 0.397. The van der Waals surface area contributed by atoms with Crippen LogP contribution in [0.1, 0.15) is 39.5 Å². The van der Waals surface area contributed by atoms with E-state index in [2.05, 4.69) is 24.1 Å². The van der Waals surface area contributed by atoms with E-state index >= 15 is 0 Å². The van der Waals surface area contributed by atoms with E-state index < -0.39 is 0 Å². The van der Waals surface area contributed by atoms with E-state index in [0.29, 0.717) is 29.2 Å². The molecule has 3 rings (SSSR count). The molecule has 17 heavy (non-hydrogen) atoms. The Morgan fingerprint density at radius 1 is 1.29 bits per heavy atom. The third kappa shape index (κ3) is 1.79. The lowest BCUT2D eigenvalue weighted by Gasteiger charge is -2.27. The highest BCUT2D eigenvalue weighted by molar-refractivity contribution is 5.83. The van der Waals surface area contributed by atoms with E-state index in [1.165, 1.54) is 19.3 Å². The Hall–Kier alpha value is -0.570. The summed E-state index contributed by atoms with van der Waals surface area (Å²) in [6.45, 7) is 7.69. The van der Waals surface area contributed by atoms with Crippen LogP contribution in [0.3, 0.4) is 0 Å². The van der Waals surface area contributed by atoms with Gasteiger partial charge in [-0.3, -0.25) is 4.79 Å². The molecule has 0 aromatic heterocycles. The first-order valence-electron chi connectivity index (χ1n) is 7.15. The Kier molecular flexibility index (Phi) is 2.69. The predicted molar refractivity (Wildman–Crippen MR) is 67.6 cm³/mol. The highest BCUT2D eigenvalue weighted by Crippen LogP contribution is 2.59. The standard InChI is InChI=1S/C14H24N2O/c1-10-3-8-16(11(10)2)13(17)12-9-14(12)4-6-15-7-5-14/h10-12,15H,3-9H2,1-2H3. The number of piperidine rings is 1. The summed E-state index contributed by atoms with van der Waals surface area (Å²) in [6.07, 6.45) is 4.77. The van der Waals surface area contributed by atoms with Crippen molar-refractivity contribution in [2.24, 2.45) is 17.3 Å². The van der Waals surface area contributed by atoms with Gasteiger partial charge in [-0.1, -0.05) is 6.92 Å². The molecule has 2 saturated heterocycles.